The first kappa shape index (κ1) is 18.4. The second kappa shape index (κ2) is 7.88. The predicted octanol–water partition coefficient (Wildman–Crippen LogP) is 3.99. The summed E-state index contributed by atoms with van der Waals surface area (Å²) in [6, 6.07) is 5.70. The van der Waals surface area contributed by atoms with Gasteiger partial charge in [0.2, 0.25) is 5.78 Å². The van der Waals surface area contributed by atoms with E-state index in [1.165, 1.54) is 10.8 Å². The van der Waals surface area contributed by atoms with E-state index in [9.17, 15) is 4.79 Å². The van der Waals surface area contributed by atoms with Gasteiger partial charge in [0.15, 0.2) is 5.69 Å². The number of halogens is 2. The van der Waals surface area contributed by atoms with Crippen molar-refractivity contribution in [3.8, 4) is 5.75 Å². The number of carbonyl (C=O) groups excluding carboxylic acids is 1. The van der Waals surface area contributed by atoms with Gasteiger partial charge in [-0.3, -0.25) is 14.2 Å². The van der Waals surface area contributed by atoms with E-state index in [4.69, 9.17) is 16.3 Å². The van der Waals surface area contributed by atoms with Crippen LogP contribution in [0.5, 0.6) is 5.75 Å². The fourth-order valence-corrected chi connectivity index (χ4v) is 3.10. The quantitative estimate of drug-likeness (QED) is 0.434. The maximum absolute atomic E-state index is 12.3. The number of allylic oxidation sites excluding steroid dienone is 1. The van der Waals surface area contributed by atoms with Crippen molar-refractivity contribution in [2.75, 3.05) is 7.11 Å². The van der Waals surface area contributed by atoms with Crippen LogP contribution in [-0.2, 0) is 13.6 Å². The second-order valence-electron chi connectivity index (χ2n) is 5.62. The molecule has 0 N–H and O–H groups in total. The fourth-order valence-electron chi connectivity index (χ4n) is 2.50. The molecule has 0 saturated carbocycles. The smallest absolute Gasteiger partial charge is 0.207 e. The van der Waals surface area contributed by atoms with Gasteiger partial charge in [-0.1, -0.05) is 23.7 Å². The summed E-state index contributed by atoms with van der Waals surface area (Å²) in [5.41, 5.74) is 2.06. The first-order valence-electron chi connectivity index (χ1n) is 7.72. The van der Waals surface area contributed by atoms with Crippen molar-refractivity contribution in [1.29, 1.82) is 0 Å². The summed E-state index contributed by atoms with van der Waals surface area (Å²) in [4.78, 5) is 12.3. The van der Waals surface area contributed by atoms with Crippen molar-refractivity contribution in [1.82, 2.24) is 19.6 Å². The Morgan fingerprint density at radius 3 is 2.81 bits per heavy atom. The molecule has 0 amide bonds. The minimum absolute atomic E-state index is 0.237. The third-order valence-electron chi connectivity index (χ3n) is 3.68. The summed E-state index contributed by atoms with van der Waals surface area (Å²) in [7, 11) is 3.34. The number of rotatable bonds is 6. The molecule has 3 rings (SSSR count). The van der Waals surface area contributed by atoms with Gasteiger partial charge in [-0.25, -0.2) is 0 Å². The third-order valence-corrected chi connectivity index (χ3v) is 4.37. The number of ether oxygens (including phenoxy) is 1. The zero-order chi connectivity index (χ0) is 18.7. The molecular formula is C18H16BrClN4O2. The molecule has 0 atom stereocenters. The molecule has 134 valence electrons. The minimum atomic E-state index is -0.246. The molecule has 0 aliphatic heterocycles. The van der Waals surface area contributed by atoms with Crippen LogP contribution in [-0.4, -0.2) is 32.5 Å². The van der Waals surface area contributed by atoms with E-state index in [0.717, 1.165) is 21.3 Å². The SMILES string of the molecule is COc1ccc(/C=C/C(=O)c2nn(C)cc2Cl)cc1Cn1cc(Br)cn1. The van der Waals surface area contributed by atoms with Crippen LogP contribution in [0.3, 0.4) is 0 Å². The number of hydrogen-bond donors (Lipinski definition) is 0. The third kappa shape index (κ3) is 4.23. The molecular weight excluding hydrogens is 420 g/mol. The summed E-state index contributed by atoms with van der Waals surface area (Å²) in [6.07, 6.45) is 8.40. The predicted molar refractivity (Wildman–Crippen MR) is 104 cm³/mol. The van der Waals surface area contributed by atoms with E-state index in [0.29, 0.717) is 11.6 Å². The van der Waals surface area contributed by atoms with Crippen molar-refractivity contribution >= 4 is 39.4 Å². The molecule has 0 radical (unpaired) electrons. The summed E-state index contributed by atoms with van der Waals surface area (Å²) < 4.78 is 9.64. The van der Waals surface area contributed by atoms with Gasteiger partial charge in [0.1, 0.15) is 5.75 Å². The molecule has 0 aliphatic carbocycles. The van der Waals surface area contributed by atoms with Crippen molar-refractivity contribution in [3.05, 3.63) is 69.2 Å². The Kier molecular flexibility index (Phi) is 5.58. The van der Waals surface area contributed by atoms with Crippen molar-refractivity contribution in [3.63, 3.8) is 0 Å². The molecule has 0 saturated heterocycles. The van der Waals surface area contributed by atoms with Gasteiger partial charge < -0.3 is 4.74 Å². The highest BCUT2D eigenvalue weighted by molar-refractivity contribution is 9.10. The van der Waals surface area contributed by atoms with Gasteiger partial charge in [0, 0.05) is 25.0 Å². The van der Waals surface area contributed by atoms with Crippen molar-refractivity contribution < 1.29 is 9.53 Å². The Labute approximate surface area is 164 Å². The molecule has 3 aromatic rings. The van der Waals surface area contributed by atoms with Gasteiger partial charge in [0.25, 0.3) is 0 Å². The molecule has 2 aromatic heterocycles. The van der Waals surface area contributed by atoms with Crippen LogP contribution in [0, 0.1) is 0 Å². The van der Waals surface area contributed by atoms with Crippen LogP contribution in [0.1, 0.15) is 21.6 Å². The fraction of sp³-hybridized carbons (Fsp3) is 0.167. The van der Waals surface area contributed by atoms with E-state index in [1.54, 1.807) is 37.3 Å². The van der Waals surface area contributed by atoms with E-state index in [1.807, 2.05) is 24.4 Å². The molecule has 0 bridgehead atoms. The first-order chi connectivity index (χ1) is 12.5. The lowest BCUT2D eigenvalue weighted by Gasteiger charge is -2.09. The lowest BCUT2D eigenvalue weighted by molar-refractivity contribution is 0.104. The Morgan fingerprint density at radius 2 is 2.19 bits per heavy atom. The molecule has 26 heavy (non-hydrogen) atoms. The molecule has 0 fully saturated rings. The second-order valence-corrected chi connectivity index (χ2v) is 6.95. The highest BCUT2D eigenvalue weighted by Crippen LogP contribution is 2.22. The lowest BCUT2D eigenvalue weighted by atomic mass is 10.1. The number of nitrogens with zero attached hydrogens (tertiary/aromatic N) is 4. The summed E-state index contributed by atoms with van der Waals surface area (Å²) in [5.74, 6) is 0.511. The molecule has 2 heterocycles. The monoisotopic (exact) mass is 434 g/mol. The van der Waals surface area contributed by atoms with Gasteiger partial charge in [-0.15, -0.1) is 0 Å². The van der Waals surface area contributed by atoms with Crippen molar-refractivity contribution in [2.45, 2.75) is 6.54 Å². The average molecular weight is 436 g/mol. The van der Waals surface area contributed by atoms with Crippen LogP contribution in [0.2, 0.25) is 5.02 Å². The van der Waals surface area contributed by atoms with Gasteiger partial charge >= 0.3 is 0 Å². The zero-order valence-corrected chi connectivity index (χ0v) is 16.5. The van der Waals surface area contributed by atoms with Gasteiger partial charge in [0.05, 0.1) is 29.3 Å². The van der Waals surface area contributed by atoms with E-state index < -0.39 is 0 Å². The molecule has 6 nitrogen and oxygen atoms in total. The van der Waals surface area contributed by atoms with Gasteiger partial charge in [-0.05, 0) is 39.7 Å². The van der Waals surface area contributed by atoms with Crippen LogP contribution < -0.4 is 4.74 Å². The zero-order valence-electron chi connectivity index (χ0n) is 14.2. The highest BCUT2D eigenvalue weighted by atomic mass is 79.9. The molecule has 0 unspecified atom stereocenters. The highest BCUT2D eigenvalue weighted by Gasteiger charge is 2.12. The van der Waals surface area contributed by atoms with Crippen LogP contribution >= 0.6 is 27.5 Å². The van der Waals surface area contributed by atoms with Crippen LogP contribution in [0.15, 0.2) is 47.3 Å². The van der Waals surface area contributed by atoms with Gasteiger partial charge in [-0.2, -0.15) is 10.2 Å². The number of ketones is 1. The largest absolute Gasteiger partial charge is 0.496 e. The molecule has 1 aromatic carbocycles. The number of aromatic nitrogens is 4. The Morgan fingerprint density at radius 1 is 1.38 bits per heavy atom. The van der Waals surface area contributed by atoms with Crippen molar-refractivity contribution in [2.24, 2.45) is 7.05 Å². The van der Waals surface area contributed by atoms with Crippen LogP contribution in [0.4, 0.5) is 0 Å². The summed E-state index contributed by atoms with van der Waals surface area (Å²) >= 11 is 9.40. The van der Waals surface area contributed by atoms with E-state index in [2.05, 4.69) is 26.1 Å². The normalized spacial score (nSPS) is 11.2. The van der Waals surface area contributed by atoms with E-state index >= 15 is 0 Å². The summed E-state index contributed by atoms with van der Waals surface area (Å²) in [6.45, 7) is 0.552. The Hall–Kier alpha value is -2.38. The number of methoxy groups -OCH3 is 1. The number of benzene rings is 1. The summed E-state index contributed by atoms with van der Waals surface area (Å²) in [5, 5.41) is 8.67. The maximum atomic E-state index is 12.3. The first-order valence-corrected chi connectivity index (χ1v) is 8.90. The number of aryl methyl sites for hydroxylation is 1. The number of hydrogen-bond acceptors (Lipinski definition) is 4. The number of carbonyl (C=O) groups is 1. The Bertz CT molecular complexity index is 977. The molecule has 0 aliphatic rings. The average Bonchev–Trinajstić information content (AvgIpc) is 3.17. The maximum Gasteiger partial charge on any atom is 0.207 e. The lowest BCUT2D eigenvalue weighted by Crippen LogP contribution is -2.02. The molecule has 0 spiro atoms. The topological polar surface area (TPSA) is 61.9 Å². The minimum Gasteiger partial charge on any atom is -0.496 e. The molecule has 8 heteroatoms. The van der Waals surface area contributed by atoms with E-state index in [-0.39, 0.29) is 11.5 Å². The standard InChI is InChI=1S/C18H16BrClN4O2/c1-23-11-15(20)18(22-23)16(25)5-3-12-4-6-17(26-2)13(7-12)9-24-10-14(19)8-21-24/h3-8,10-11H,9H2,1-2H3/b5-3+. The Balaban J connectivity index is 1.82. The van der Waals surface area contributed by atoms with Crippen LogP contribution in [0.25, 0.3) is 6.08 Å².